The first-order valence-corrected chi connectivity index (χ1v) is 7.84. The lowest BCUT2D eigenvalue weighted by atomic mass is 10.2. The summed E-state index contributed by atoms with van der Waals surface area (Å²) >= 11 is 0. The Morgan fingerprint density at radius 1 is 1.50 bits per heavy atom. The van der Waals surface area contributed by atoms with Crippen molar-refractivity contribution in [2.75, 3.05) is 0 Å². The first-order chi connectivity index (χ1) is 6.24. The van der Waals surface area contributed by atoms with Crippen molar-refractivity contribution in [1.82, 2.24) is 0 Å². The van der Waals surface area contributed by atoms with E-state index in [-0.39, 0.29) is 11.1 Å². The van der Waals surface area contributed by atoms with E-state index in [9.17, 15) is 0 Å². The highest BCUT2D eigenvalue weighted by Crippen LogP contribution is 2.37. The van der Waals surface area contributed by atoms with Gasteiger partial charge in [-0.25, -0.2) is 0 Å². The summed E-state index contributed by atoms with van der Waals surface area (Å²) in [6.07, 6.45) is 2.03. The van der Waals surface area contributed by atoms with Crippen molar-refractivity contribution < 1.29 is 4.43 Å². The molecular formula is C11H21NOSi. The Kier molecular flexibility index (Phi) is 4.56. The van der Waals surface area contributed by atoms with Gasteiger partial charge in [0.05, 0.1) is 6.07 Å². The van der Waals surface area contributed by atoms with Gasteiger partial charge in [0, 0.05) is 6.42 Å². The van der Waals surface area contributed by atoms with E-state index in [0.717, 1.165) is 0 Å². The van der Waals surface area contributed by atoms with Gasteiger partial charge in [0.2, 0.25) is 0 Å². The van der Waals surface area contributed by atoms with E-state index in [1.807, 2.05) is 0 Å². The molecule has 0 aliphatic heterocycles. The van der Waals surface area contributed by atoms with Crippen LogP contribution in [0.3, 0.4) is 0 Å². The number of nitrogens with zero attached hydrogens (tertiary/aromatic N) is 1. The lowest BCUT2D eigenvalue weighted by Gasteiger charge is -2.37. The van der Waals surface area contributed by atoms with Gasteiger partial charge in [-0.3, -0.25) is 0 Å². The summed E-state index contributed by atoms with van der Waals surface area (Å²) in [4.78, 5) is 0. The zero-order valence-electron chi connectivity index (χ0n) is 9.92. The van der Waals surface area contributed by atoms with E-state index < -0.39 is 8.32 Å². The van der Waals surface area contributed by atoms with Gasteiger partial charge in [0.15, 0.2) is 8.32 Å². The first-order valence-electron chi connectivity index (χ1n) is 4.93. The van der Waals surface area contributed by atoms with Crippen LogP contribution in [0.1, 0.15) is 27.2 Å². The predicted molar refractivity (Wildman–Crippen MR) is 62.5 cm³/mol. The Labute approximate surface area is 88.7 Å². The summed E-state index contributed by atoms with van der Waals surface area (Å²) in [6.45, 7) is 14.4. The van der Waals surface area contributed by atoms with E-state index in [0.29, 0.717) is 6.42 Å². The number of hydrogen-bond acceptors (Lipinski definition) is 2. The van der Waals surface area contributed by atoms with Crippen molar-refractivity contribution in [3.05, 3.63) is 12.7 Å². The molecule has 2 nitrogen and oxygen atoms in total. The molecule has 0 spiro atoms. The van der Waals surface area contributed by atoms with Gasteiger partial charge < -0.3 is 4.43 Å². The molecule has 0 rings (SSSR count). The maximum Gasteiger partial charge on any atom is 0.193 e. The standard InChI is InChI=1S/C11H21NOSi/c1-7-8-10(9-12)13-14(5,6)11(2,3)4/h7,10H,1,8H2,2-6H3/t10-/m0/s1. The summed E-state index contributed by atoms with van der Waals surface area (Å²) in [5.41, 5.74) is 0. The fourth-order valence-electron chi connectivity index (χ4n) is 0.811. The van der Waals surface area contributed by atoms with Gasteiger partial charge in [0.25, 0.3) is 0 Å². The topological polar surface area (TPSA) is 33.0 Å². The Hall–Kier alpha value is -0.593. The third-order valence-electron chi connectivity index (χ3n) is 2.77. The van der Waals surface area contributed by atoms with Gasteiger partial charge in [0.1, 0.15) is 6.10 Å². The van der Waals surface area contributed by atoms with Crippen LogP contribution in [0.15, 0.2) is 12.7 Å². The second-order valence-electron chi connectivity index (χ2n) is 5.02. The lowest BCUT2D eigenvalue weighted by Crippen LogP contribution is -2.43. The van der Waals surface area contributed by atoms with Gasteiger partial charge in [-0.2, -0.15) is 5.26 Å². The average molecular weight is 211 g/mol. The first kappa shape index (κ1) is 13.4. The molecule has 0 bridgehead atoms. The van der Waals surface area contributed by atoms with Crippen LogP contribution in [0.4, 0.5) is 0 Å². The van der Waals surface area contributed by atoms with E-state index in [4.69, 9.17) is 9.69 Å². The van der Waals surface area contributed by atoms with Crippen LogP contribution >= 0.6 is 0 Å². The molecule has 0 saturated carbocycles. The van der Waals surface area contributed by atoms with Crippen molar-refractivity contribution in [3.63, 3.8) is 0 Å². The molecule has 3 heteroatoms. The Bertz CT molecular complexity index is 235. The molecule has 1 atom stereocenters. The van der Waals surface area contributed by atoms with Crippen LogP contribution in [0.2, 0.25) is 18.1 Å². The molecule has 0 unspecified atom stereocenters. The second kappa shape index (κ2) is 4.76. The zero-order chi connectivity index (χ0) is 11.4. The molecule has 0 heterocycles. The summed E-state index contributed by atoms with van der Waals surface area (Å²) in [7, 11) is -1.80. The van der Waals surface area contributed by atoms with E-state index in [1.165, 1.54) is 0 Å². The summed E-state index contributed by atoms with van der Waals surface area (Å²) in [5, 5.41) is 9.04. The highest BCUT2D eigenvalue weighted by molar-refractivity contribution is 6.74. The summed E-state index contributed by atoms with van der Waals surface area (Å²) in [5.74, 6) is 0. The molecule has 0 aromatic carbocycles. The van der Waals surface area contributed by atoms with Crippen LogP contribution in [0, 0.1) is 11.3 Å². The molecule has 0 saturated heterocycles. The van der Waals surface area contributed by atoms with Crippen molar-refractivity contribution >= 4 is 8.32 Å². The van der Waals surface area contributed by atoms with E-state index in [2.05, 4.69) is 46.5 Å². The molecule has 0 aromatic heterocycles. The minimum Gasteiger partial charge on any atom is -0.401 e. The van der Waals surface area contributed by atoms with Crippen molar-refractivity contribution in [1.29, 1.82) is 5.26 Å². The van der Waals surface area contributed by atoms with Crippen molar-refractivity contribution in [3.8, 4) is 6.07 Å². The van der Waals surface area contributed by atoms with Crippen molar-refractivity contribution in [2.45, 2.75) is 51.4 Å². The van der Waals surface area contributed by atoms with Crippen molar-refractivity contribution in [2.24, 2.45) is 0 Å². The summed E-state index contributed by atoms with van der Waals surface area (Å²) < 4.78 is 5.90. The monoisotopic (exact) mass is 211 g/mol. The van der Waals surface area contributed by atoms with E-state index in [1.54, 1.807) is 6.08 Å². The maximum atomic E-state index is 8.89. The van der Waals surface area contributed by atoms with Crippen LogP contribution in [-0.4, -0.2) is 14.4 Å². The molecule has 0 aliphatic carbocycles. The van der Waals surface area contributed by atoms with Gasteiger partial charge in [-0.1, -0.05) is 26.8 Å². The molecule has 0 aliphatic rings. The largest absolute Gasteiger partial charge is 0.401 e. The molecule has 0 N–H and O–H groups in total. The van der Waals surface area contributed by atoms with E-state index >= 15 is 0 Å². The minimum absolute atomic E-state index is 0.156. The third kappa shape index (κ3) is 3.65. The Balaban J connectivity index is 4.49. The fourth-order valence-corrected chi connectivity index (χ4v) is 2.02. The SMILES string of the molecule is C=CC[C@@H](C#N)O[Si](C)(C)C(C)(C)C. The molecule has 0 amide bonds. The number of nitriles is 1. The smallest absolute Gasteiger partial charge is 0.193 e. The van der Waals surface area contributed by atoms with Gasteiger partial charge in [-0.05, 0) is 18.1 Å². The normalized spacial score (nSPS) is 14.6. The minimum atomic E-state index is -1.80. The second-order valence-corrected chi connectivity index (χ2v) is 9.78. The van der Waals surface area contributed by atoms with Gasteiger partial charge in [-0.15, -0.1) is 6.58 Å². The number of hydrogen-bond donors (Lipinski definition) is 0. The maximum absolute atomic E-state index is 8.89. The van der Waals surface area contributed by atoms with Gasteiger partial charge >= 0.3 is 0 Å². The predicted octanol–water partition coefficient (Wildman–Crippen LogP) is 3.48. The van der Waals surface area contributed by atoms with Crippen LogP contribution < -0.4 is 0 Å². The molecular weight excluding hydrogens is 190 g/mol. The molecule has 80 valence electrons. The molecule has 0 radical (unpaired) electrons. The average Bonchev–Trinajstić information content (AvgIpc) is 2.01. The fraction of sp³-hybridized carbons (Fsp3) is 0.727. The molecule has 0 aromatic rings. The van der Waals surface area contributed by atoms with Crippen LogP contribution in [0.25, 0.3) is 0 Å². The lowest BCUT2D eigenvalue weighted by molar-refractivity contribution is 0.234. The third-order valence-corrected chi connectivity index (χ3v) is 7.25. The highest BCUT2D eigenvalue weighted by Gasteiger charge is 2.38. The zero-order valence-corrected chi connectivity index (χ0v) is 10.9. The highest BCUT2D eigenvalue weighted by atomic mass is 28.4. The van der Waals surface area contributed by atoms with Crippen LogP contribution in [0.5, 0.6) is 0 Å². The molecule has 0 fully saturated rings. The summed E-state index contributed by atoms with van der Waals surface area (Å²) in [6, 6.07) is 2.17. The Morgan fingerprint density at radius 3 is 2.29 bits per heavy atom. The number of rotatable bonds is 4. The quantitative estimate of drug-likeness (QED) is 0.527. The van der Waals surface area contributed by atoms with Crippen LogP contribution in [-0.2, 0) is 4.43 Å². The molecule has 14 heavy (non-hydrogen) atoms. The Morgan fingerprint density at radius 2 is 2.00 bits per heavy atom.